The van der Waals surface area contributed by atoms with E-state index in [4.69, 9.17) is 11.6 Å². The second-order valence-electron chi connectivity index (χ2n) is 7.13. The highest BCUT2D eigenvalue weighted by atomic mass is 35.5. The van der Waals surface area contributed by atoms with Crippen molar-refractivity contribution in [3.05, 3.63) is 65.2 Å². The lowest BCUT2D eigenvalue weighted by atomic mass is 9.82. The molecule has 3 rings (SSSR count). The average Bonchev–Trinajstić information content (AvgIpc) is 2.67. The number of sulfonamides is 1. The maximum Gasteiger partial charge on any atom is 0.243 e. The molecule has 0 aliphatic carbocycles. The summed E-state index contributed by atoms with van der Waals surface area (Å²) in [6, 6.07) is 15.8. The third kappa shape index (κ3) is 4.51. The molecule has 1 atom stereocenters. The Morgan fingerprint density at radius 3 is 2.48 bits per heavy atom. The normalized spacial score (nSPS) is 21.0. The summed E-state index contributed by atoms with van der Waals surface area (Å²) in [5.41, 5.74) is 0.253. The summed E-state index contributed by atoms with van der Waals surface area (Å²) in [6.45, 7) is 2.83. The SMILES string of the molecule is C[C@]1(C(=O)NCc2ccccc2)CCCN(S(=O)(=O)c2ccc(Cl)cc2)C1. The molecule has 2 aromatic rings. The monoisotopic (exact) mass is 406 g/mol. The van der Waals surface area contributed by atoms with Gasteiger partial charge in [-0.25, -0.2) is 8.42 Å². The lowest BCUT2D eigenvalue weighted by Gasteiger charge is -2.38. The lowest BCUT2D eigenvalue weighted by Crippen LogP contribution is -2.51. The minimum Gasteiger partial charge on any atom is -0.352 e. The quantitative estimate of drug-likeness (QED) is 0.826. The molecule has 2 aromatic carbocycles. The Bertz CT molecular complexity index is 901. The van der Waals surface area contributed by atoms with Crippen molar-refractivity contribution in [2.24, 2.45) is 5.41 Å². The van der Waals surface area contributed by atoms with Gasteiger partial charge in [-0.2, -0.15) is 4.31 Å². The Balaban J connectivity index is 1.72. The maximum absolute atomic E-state index is 12.9. The summed E-state index contributed by atoms with van der Waals surface area (Å²) in [5.74, 6) is -0.123. The summed E-state index contributed by atoms with van der Waals surface area (Å²) in [6.07, 6.45) is 1.29. The number of piperidine rings is 1. The first kappa shape index (κ1) is 19.9. The molecule has 1 aliphatic heterocycles. The van der Waals surface area contributed by atoms with E-state index in [1.165, 1.54) is 16.4 Å². The Hall–Kier alpha value is -1.89. The molecule has 144 valence electrons. The Morgan fingerprint density at radius 2 is 1.81 bits per heavy atom. The number of benzene rings is 2. The van der Waals surface area contributed by atoms with E-state index in [0.29, 0.717) is 31.0 Å². The molecular weight excluding hydrogens is 384 g/mol. The molecule has 1 saturated heterocycles. The molecule has 7 heteroatoms. The van der Waals surface area contributed by atoms with Crippen molar-refractivity contribution in [3.63, 3.8) is 0 Å². The van der Waals surface area contributed by atoms with Gasteiger partial charge in [0.2, 0.25) is 15.9 Å². The van der Waals surface area contributed by atoms with Gasteiger partial charge in [0.25, 0.3) is 0 Å². The van der Waals surface area contributed by atoms with Crippen LogP contribution < -0.4 is 5.32 Å². The van der Waals surface area contributed by atoms with E-state index in [0.717, 1.165) is 5.56 Å². The molecule has 1 amide bonds. The molecule has 0 aromatic heterocycles. The standard InChI is InChI=1S/C20H23ClN2O3S/c1-20(19(24)22-14-16-6-3-2-4-7-16)12-5-13-23(15-20)27(25,26)18-10-8-17(21)9-11-18/h2-4,6-11H,5,12-15H2,1H3,(H,22,24)/t20-/m0/s1. The summed E-state index contributed by atoms with van der Waals surface area (Å²) in [5, 5.41) is 3.43. The van der Waals surface area contributed by atoms with Crippen LogP contribution in [-0.4, -0.2) is 31.7 Å². The van der Waals surface area contributed by atoms with Gasteiger partial charge >= 0.3 is 0 Å². The summed E-state index contributed by atoms with van der Waals surface area (Å²) in [4.78, 5) is 13.0. The largest absolute Gasteiger partial charge is 0.352 e. The number of amides is 1. The van der Waals surface area contributed by atoms with Crippen molar-refractivity contribution in [1.29, 1.82) is 0 Å². The molecule has 0 spiro atoms. The molecule has 0 saturated carbocycles. The van der Waals surface area contributed by atoms with Crippen LogP contribution in [-0.2, 0) is 21.4 Å². The Labute approximate surface area is 165 Å². The van der Waals surface area contributed by atoms with Crippen molar-refractivity contribution in [2.45, 2.75) is 31.2 Å². The van der Waals surface area contributed by atoms with Gasteiger partial charge in [0.1, 0.15) is 0 Å². The average molecular weight is 407 g/mol. The van der Waals surface area contributed by atoms with E-state index in [1.54, 1.807) is 12.1 Å². The van der Waals surface area contributed by atoms with E-state index in [1.807, 2.05) is 37.3 Å². The highest BCUT2D eigenvalue weighted by Crippen LogP contribution is 2.33. The molecule has 0 bridgehead atoms. The molecule has 1 N–H and O–H groups in total. The lowest BCUT2D eigenvalue weighted by molar-refractivity contribution is -0.132. The van der Waals surface area contributed by atoms with E-state index in [-0.39, 0.29) is 17.3 Å². The van der Waals surface area contributed by atoms with E-state index in [2.05, 4.69) is 5.32 Å². The van der Waals surface area contributed by atoms with Crippen molar-refractivity contribution in [1.82, 2.24) is 9.62 Å². The van der Waals surface area contributed by atoms with Gasteiger partial charge in [-0.1, -0.05) is 41.9 Å². The predicted octanol–water partition coefficient (Wildman–Crippen LogP) is 3.45. The van der Waals surface area contributed by atoms with Crippen LogP contribution in [0, 0.1) is 5.41 Å². The number of rotatable bonds is 5. The highest BCUT2D eigenvalue weighted by Gasteiger charge is 2.41. The zero-order valence-electron chi connectivity index (χ0n) is 15.2. The zero-order valence-corrected chi connectivity index (χ0v) is 16.8. The van der Waals surface area contributed by atoms with Crippen LogP contribution in [0.5, 0.6) is 0 Å². The molecular formula is C20H23ClN2O3S. The van der Waals surface area contributed by atoms with Gasteiger partial charge in [-0.15, -0.1) is 0 Å². The fourth-order valence-electron chi connectivity index (χ4n) is 3.33. The predicted molar refractivity (Wildman–Crippen MR) is 106 cm³/mol. The second-order valence-corrected chi connectivity index (χ2v) is 9.50. The van der Waals surface area contributed by atoms with Gasteiger partial charge < -0.3 is 5.32 Å². The van der Waals surface area contributed by atoms with Crippen LogP contribution in [0.4, 0.5) is 0 Å². The van der Waals surface area contributed by atoms with E-state index < -0.39 is 15.4 Å². The van der Waals surface area contributed by atoms with E-state index >= 15 is 0 Å². The topological polar surface area (TPSA) is 66.5 Å². The third-order valence-corrected chi connectivity index (χ3v) is 7.07. The molecule has 1 aliphatic rings. The van der Waals surface area contributed by atoms with Gasteiger partial charge in [0.05, 0.1) is 10.3 Å². The Kier molecular flexibility index (Phi) is 5.89. The fraction of sp³-hybridized carbons (Fsp3) is 0.350. The molecule has 0 radical (unpaired) electrons. The minimum atomic E-state index is -3.66. The summed E-state index contributed by atoms with van der Waals surface area (Å²) >= 11 is 5.86. The van der Waals surface area contributed by atoms with Gasteiger partial charge in [-0.3, -0.25) is 4.79 Å². The third-order valence-electron chi connectivity index (χ3n) is 4.96. The molecule has 1 fully saturated rings. The summed E-state index contributed by atoms with van der Waals surface area (Å²) < 4.78 is 27.3. The van der Waals surface area contributed by atoms with Crippen molar-refractivity contribution in [3.8, 4) is 0 Å². The number of carbonyl (C=O) groups is 1. The minimum absolute atomic E-state index is 0.123. The number of nitrogens with one attached hydrogen (secondary N) is 1. The number of carbonyl (C=O) groups excluding carboxylic acids is 1. The first-order valence-corrected chi connectivity index (χ1v) is 10.7. The molecule has 27 heavy (non-hydrogen) atoms. The molecule has 0 unspecified atom stereocenters. The Morgan fingerprint density at radius 1 is 1.15 bits per heavy atom. The molecule has 1 heterocycles. The van der Waals surface area contributed by atoms with E-state index in [9.17, 15) is 13.2 Å². The number of halogens is 1. The van der Waals surface area contributed by atoms with Crippen LogP contribution in [0.25, 0.3) is 0 Å². The fourth-order valence-corrected chi connectivity index (χ4v) is 5.06. The van der Waals surface area contributed by atoms with Gasteiger partial charge in [0.15, 0.2) is 0 Å². The number of nitrogens with zero attached hydrogens (tertiary/aromatic N) is 1. The summed E-state index contributed by atoms with van der Waals surface area (Å²) in [7, 11) is -3.66. The van der Waals surface area contributed by atoms with Gasteiger partial charge in [0, 0.05) is 24.7 Å². The van der Waals surface area contributed by atoms with Crippen molar-refractivity contribution < 1.29 is 13.2 Å². The number of hydrogen-bond donors (Lipinski definition) is 1. The van der Waals surface area contributed by atoms with Crippen LogP contribution >= 0.6 is 11.6 Å². The van der Waals surface area contributed by atoms with Crippen LogP contribution in [0.3, 0.4) is 0 Å². The van der Waals surface area contributed by atoms with Crippen LogP contribution in [0.15, 0.2) is 59.5 Å². The highest BCUT2D eigenvalue weighted by molar-refractivity contribution is 7.89. The first-order valence-electron chi connectivity index (χ1n) is 8.89. The van der Waals surface area contributed by atoms with Crippen molar-refractivity contribution in [2.75, 3.05) is 13.1 Å². The maximum atomic E-state index is 12.9. The van der Waals surface area contributed by atoms with Crippen molar-refractivity contribution >= 4 is 27.5 Å². The van der Waals surface area contributed by atoms with Gasteiger partial charge in [-0.05, 0) is 49.6 Å². The van der Waals surface area contributed by atoms with Crippen LogP contribution in [0.2, 0.25) is 5.02 Å². The zero-order chi connectivity index (χ0) is 19.5. The molecule has 5 nitrogen and oxygen atoms in total. The second kappa shape index (κ2) is 8.00. The first-order chi connectivity index (χ1) is 12.8. The smallest absolute Gasteiger partial charge is 0.243 e. The van der Waals surface area contributed by atoms with Crippen LogP contribution in [0.1, 0.15) is 25.3 Å². The number of hydrogen-bond acceptors (Lipinski definition) is 3.